The number of hydrogen-bond donors (Lipinski definition) is 0. The Labute approximate surface area is 141 Å². The van der Waals surface area contributed by atoms with Gasteiger partial charge in [0.1, 0.15) is 23.0 Å². The fourth-order valence-electron chi connectivity index (χ4n) is 2.07. The molecule has 0 bridgehead atoms. The van der Waals surface area contributed by atoms with Crippen LogP contribution in [-0.2, 0) is 0 Å². The van der Waals surface area contributed by atoms with Crippen LogP contribution in [0.3, 0.4) is 0 Å². The van der Waals surface area contributed by atoms with Gasteiger partial charge in [-0.15, -0.1) is 0 Å². The molecule has 0 aliphatic rings. The number of benzene rings is 2. The van der Waals surface area contributed by atoms with Crippen LogP contribution in [0.5, 0.6) is 23.0 Å². The average Bonchev–Trinajstić information content (AvgIpc) is 2.64. The minimum Gasteiger partial charge on any atom is -0.497 e. The summed E-state index contributed by atoms with van der Waals surface area (Å²) in [6.45, 7) is 0. The molecule has 24 heavy (non-hydrogen) atoms. The molecule has 0 aliphatic carbocycles. The van der Waals surface area contributed by atoms with Crippen LogP contribution in [0.1, 0.15) is 11.1 Å². The molecule has 0 saturated carbocycles. The van der Waals surface area contributed by atoms with E-state index in [-0.39, 0.29) is 0 Å². The van der Waals surface area contributed by atoms with Gasteiger partial charge in [-0.3, -0.25) is 0 Å². The summed E-state index contributed by atoms with van der Waals surface area (Å²) in [4.78, 5) is 0. The van der Waals surface area contributed by atoms with E-state index in [4.69, 9.17) is 18.9 Å². The number of nitrogens with zero attached hydrogens (tertiary/aromatic N) is 2. The standard InChI is InChI=1S/C18H20N2O4/c1-21-15-5-7-17(23-3)13(9-15)11-19-20-12-14-10-16(22-2)6-8-18(14)24-4/h5-12H,1-4H3. The highest BCUT2D eigenvalue weighted by molar-refractivity contribution is 5.87. The molecule has 0 aromatic heterocycles. The molecular formula is C18H20N2O4. The van der Waals surface area contributed by atoms with Gasteiger partial charge in [-0.1, -0.05) is 0 Å². The van der Waals surface area contributed by atoms with E-state index in [0.29, 0.717) is 11.5 Å². The Hall–Kier alpha value is -3.02. The Morgan fingerprint density at radius 1 is 0.625 bits per heavy atom. The van der Waals surface area contributed by atoms with Gasteiger partial charge < -0.3 is 18.9 Å². The number of methoxy groups -OCH3 is 4. The summed E-state index contributed by atoms with van der Waals surface area (Å²) in [6, 6.07) is 10.9. The van der Waals surface area contributed by atoms with Crippen molar-refractivity contribution in [3.63, 3.8) is 0 Å². The van der Waals surface area contributed by atoms with E-state index < -0.39 is 0 Å². The van der Waals surface area contributed by atoms with E-state index in [1.165, 1.54) is 0 Å². The quantitative estimate of drug-likeness (QED) is 0.578. The largest absolute Gasteiger partial charge is 0.497 e. The predicted octanol–water partition coefficient (Wildman–Crippen LogP) is 3.17. The van der Waals surface area contributed by atoms with Crippen molar-refractivity contribution in [2.45, 2.75) is 0 Å². The third-order valence-electron chi connectivity index (χ3n) is 3.33. The van der Waals surface area contributed by atoms with Crippen LogP contribution in [0.25, 0.3) is 0 Å². The molecule has 2 aromatic rings. The Morgan fingerprint density at radius 2 is 1.04 bits per heavy atom. The van der Waals surface area contributed by atoms with Crippen molar-refractivity contribution in [2.75, 3.05) is 28.4 Å². The molecule has 0 N–H and O–H groups in total. The lowest BCUT2D eigenvalue weighted by molar-refractivity contribution is 0.402. The van der Waals surface area contributed by atoms with Crippen molar-refractivity contribution in [1.29, 1.82) is 0 Å². The van der Waals surface area contributed by atoms with Gasteiger partial charge >= 0.3 is 0 Å². The Balaban J connectivity index is 2.21. The normalized spacial score (nSPS) is 11.0. The highest BCUT2D eigenvalue weighted by atomic mass is 16.5. The van der Waals surface area contributed by atoms with Crippen molar-refractivity contribution in [2.24, 2.45) is 10.2 Å². The van der Waals surface area contributed by atoms with Crippen molar-refractivity contribution in [1.82, 2.24) is 0 Å². The van der Waals surface area contributed by atoms with Crippen LogP contribution < -0.4 is 18.9 Å². The van der Waals surface area contributed by atoms with Crippen molar-refractivity contribution in [3.05, 3.63) is 47.5 Å². The number of hydrogen-bond acceptors (Lipinski definition) is 6. The SMILES string of the molecule is COc1ccc(OC)c(C=NN=Cc2cc(OC)ccc2OC)c1. The minimum absolute atomic E-state index is 0.689. The Bertz CT molecular complexity index is 678. The van der Waals surface area contributed by atoms with Gasteiger partial charge in [0.05, 0.1) is 40.9 Å². The van der Waals surface area contributed by atoms with E-state index in [1.54, 1.807) is 40.9 Å². The van der Waals surface area contributed by atoms with Gasteiger partial charge in [0.15, 0.2) is 0 Å². The van der Waals surface area contributed by atoms with Crippen molar-refractivity contribution >= 4 is 12.4 Å². The predicted molar refractivity (Wildman–Crippen MR) is 94.3 cm³/mol. The third-order valence-corrected chi connectivity index (χ3v) is 3.33. The summed E-state index contributed by atoms with van der Waals surface area (Å²) in [5, 5.41) is 8.13. The van der Waals surface area contributed by atoms with Gasteiger partial charge in [-0.25, -0.2) is 0 Å². The maximum atomic E-state index is 5.29. The molecule has 0 saturated heterocycles. The lowest BCUT2D eigenvalue weighted by Gasteiger charge is -2.06. The molecule has 0 aliphatic heterocycles. The molecule has 2 rings (SSSR count). The first-order valence-corrected chi connectivity index (χ1v) is 7.22. The fraction of sp³-hybridized carbons (Fsp3) is 0.222. The molecule has 0 amide bonds. The van der Waals surface area contributed by atoms with E-state index >= 15 is 0 Å². The first-order valence-electron chi connectivity index (χ1n) is 7.22. The lowest BCUT2D eigenvalue weighted by atomic mass is 10.2. The van der Waals surface area contributed by atoms with Gasteiger partial charge in [0, 0.05) is 11.1 Å². The summed E-state index contributed by atoms with van der Waals surface area (Å²) in [5.41, 5.74) is 1.54. The third kappa shape index (κ3) is 4.25. The van der Waals surface area contributed by atoms with Crippen LogP contribution >= 0.6 is 0 Å². The molecule has 0 radical (unpaired) electrons. The van der Waals surface area contributed by atoms with Crippen LogP contribution in [0, 0.1) is 0 Å². The molecule has 0 heterocycles. The van der Waals surface area contributed by atoms with Crippen LogP contribution in [0.15, 0.2) is 46.6 Å². The van der Waals surface area contributed by atoms with Gasteiger partial charge in [0.2, 0.25) is 0 Å². The molecule has 2 aromatic carbocycles. The van der Waals surface area contributed by atoms with Crippen molar-refractivity contribution < 1.29 is 18.9 Å². The highest BCUT2D eigenvalue weighted by Crippen LogP contribution is 2.23. The first kappa shape index (κ1) is 17.3. The second kappa shape index (κ2) is 8.57. The topological polar surface area (TPSA) is 61.6 Å². The molecule has 0 atom stereocenters. The van der Waals surface area contributed by atoms with Crippen LogP contribution in [-0.4, -0.2) is 40.9 Å². The van der Waals surface area contributed by atoms with Crippen LogP contribution in [0.4, 0.5) is 0 Å². The molecule has 0 spiro atoms. The number of rotatable bonds is 7. The molecule has 0 unspecified atom stereocenters. The van der Waals surface area contributed by atoms with Crippen molar-refractivity contribution in [3.8, 4) is 23.0 Å². The Kier molecular flexibility index (Phi) is 6.19. The average molecular weight is 328 g/mol. The summed E-state index contributed by atoms with van der Waals surface area (Å²) >= 11 is 0. The fourth-order valence-corrected chi connectivity index (χ4v) is 2.07. The first-order chi connectivity index (χ1) is 11.7. The monoisotopic (exact) mass is 328 g/mol. The highest BCUT2D eigenvalue weighted by Gasteiger charge is 2.03. The zero-order valence-electron chi connectivity index (χ0n) is 14.1. The zero-order chi connectivity index (χ0) is 17.4. The maximum Gasteiger partial charge on any atom is 0.127 e. The summed E-state index contributed by atoms with van der Waals surface area (Å²) in [5.74, 6) is 2.81. The van der Waals surface area contributed by atoms with E-state index in [2.05, 4.69) is 10.2 Å². The zero-order valence-corrected chi connectivity index (χ0v) is 14.1. The summed E-state index contributed by atoms with van der Waals surface area (Å²) < 4.78 is 21.0. The van der Waals surface area contributed by atoms with Crippen LogP contribution in [0.2, 0.25) is 0 Å². The van der Waals surface area contributed by atoms with Gasteiger partial charge in [-0.05, 0) is 36.4 Å². The second-order valence-electron chi connectivity index (χ2n) is 4.70. The molecule has 126 valence electrons. The minimum atomic E-state index is 0.689. The number of ether oxygens (including phenoxy) is 4. The molecule has 6 nitrogen and oxygen atoms in total. The van der Waals surface area contributed by atoms with Gasteiger partial charge in [0.25, 0.3) is 0 Å². The van der Waals surface area contributed by atoms with E-state index in [0.717, 1.165) is 22.6 Å². The summed E-state index contributed by atoms with van der Waals surface area (Å²) in [7, 11) is 6.42. The molecule has 6 heteroatoms. The van der Waals surface area contributed by atoms with E-state index in [1.807, 2.05) is 36.4 Å². The smallest absolute Gasteiger partial charge is 0.127 e. The van der Waals surface area contributed by atoms with E-state index in [9.17, 15) is 0 Å². The molecule has 0 fully saturated rings. The second-order valence-corrected chi connectivity index (χ2v) is 4.70. The molecular weight excluding hydrogens is 308 g/mol. The maximum absolute atomic E-state index is 5.29. The Morgan fingerprint density at radius 3 is 1.38 bits per heavy atom. The lowest BCUT2D eigenvalue weighted by Crippen LogP contribution is -1.93. The summed E-state index contributed by atoms with van der Waals surface area (Å²) in [6.07, 6.45) is 3.20. The van der Waals surface area contributed by atoms with Gasteiger partial charge in [-0.2, -0.15) is 10.2 Å².